The van der Waals surface area contributed by atoms with E-state index in [1.165, 1.54) is 16.2 Å². The Bertz CT molecular complexity index is 861. The fourth-order valence-electron chi connectivity index (χ4n) is 3.16. The van der Waals surface area contributed by atoms with Crippen molar-refractivity contribution in [3.05, 3.63) is 57.8 Å². The van der Waals surface area contributed by atoms with Gasteiger partial charge in [0.15, 0.2) is 0 Å². The molecule has 0 unspecified atom stereocenters. The monoisotopic (exact) mass is 402 g/mol. The van der Waals surface area contributed by atoms with E-state index in [9.17, 15) is 14.7 Å². The van der Waals surface area contributed by atoms with Gasteiger partial charge in [-0.2, -0.15) is 0 Å². The predicted molar refractivity (Wildman–Crippen MR) is 106 cm³/mol. The van der Waals surface area contributed by atoms with Crippen LogP contribution in [-0.4, -0.2) is 60.2 Å². The molecule has 28 heavy (non-hydrogen) atoms. The summed E-state index contributed by atoms with van der Waals surface area (Å²) in [6.07, 6.45) is 0. The van der Waals surface area contributed by atoms with Crippen molar-refractivity contribution in [1.29, 1.82) is 0 Å². The summed E-state index contributed by atoms with van der Waals surface area (Å²) in [4.78, 5) is 27.7. The molecule has 1 amide bonds. The van der Waals surface area contributed by atoms with E-state index in [1.807, 2.05) is 17.5 Å². The van der Waals surface area contributed by atoms with Gasteiger partial charge in [0.1, 0.15) is 11.5 Å². The molecule has 1 atom stereocenters. The number of thiophene rings is 1. The first-order chi connectivity index (χ1) is 13.6. The maximum Gasteiger partial charge on any atom is 0.295 e. The van der Waals surface area contributed by atoms with E-state index in [4.69, 9.17) is 9.84 Å². The molecule has 2 heterocycles. The molecule has 7 nitrogen and oxygen atoms in total. The second kappa shape index (κ2) is 9.01. The molecule has 1 aromatic heterocycles. The number of rotatable bonds is 8. The molecule has 0 saturated carbocycles. The number of benzene rings is 1. The summed E-state index contributed by atoms with van der Waals surface area (Å²) >= 11 is 1.42. The lowest BCUT2D eigenvalue weighted by Crippen LogP contribution is -2.36. The number of nitrogens with zero attached hydrogens (tertiary/aromatic N) is 1. The van der Waals surface area contributed by atoms with E-state index in [1.54, 1.807) is 31.4 Å². The molecule has 2 aromatic rings. The number of hydrogen-bond donors (Lipinski definition) is 3. The molecular weight excluding hydrogens is 380 g/mol. The van der Waals surface area contributed by atoms with E-state index in [0.717, 1.165) is 4.88 Å². The highest BCUT2D eigenvalue weighted by molar-refractivity contribution is 7.10. The summed E-state index contributed by atoms with van der Waals surface area (Å²) in [5, 5.41) is 24.6. The number of Topliss-reactive ketones (excluding diaryl/α,β-unsaturated/α-hetero) is 1. The van der Waals surface area contributed by atoms with Crippen LogP contribution in [0.3, 0.4) is 0 Å². The van der Waals surface area contributed by atoms with Crippen molar-refractivity contribution >= 4 is 28.8 Å². The molecule has 8 heteroatoms. The number of hydrogen-bond acceptors (Lipinski definition) is 7. The summed E-state index contributed by atoms with van der Waals surface area (Å²) in [5.41, 5.74) is 0.526. The van der Waals surface area contributed by atoms with Crippen LogP contribution in [0.2, 0.25) is 0 Å². The quantitative estimate of drug-likeness (QED) is 0.269. The van der Waals surface area contributed by atoms with Gasteiger partial charge < -0.3 is 25.2 Å². The van der Waals surface area contributed by atoms with E-state index in [-0.39, 0.29) is 24.5 Å². The van der Waals surface area contributed by atoms with Gasteiger partial charge in [-0.1, -0.05) is 6.07 Å². The van der Waals surface area contributed by atoms with Crippen LogP contribution in [-0.2, 0) is 9.59 Å². The molecule has 1 aliphatic rings. The average Bonchev–Trinajstić information content (AvgIpc) is 3.33. The number of aliphatic hydroxyl groups excluding tert-OH is 2. The van der Waals surface area contributed by atoms with Gasteiger partial charge in [-0.05, 0) is 35.7 Å². The molecule has 0 spiro atoms. The van der Waals surface area contributed by atoms with Crippen molar-refractivity contribution in [2.75, 3.05) is 33.4 Å². The topological polar surface area (TPSA) is 99.1 Å². The standard InChI is InChI=1S/C20H22N2O5S/c1-27-14-6-4-13(5-7-14)18(24)16-17(15-3-2-12-28-15)22(20(26)19(16)25)10-8-21-9-11-23/h2-7,12,17,21,23-24H,8-11H2,1H3/t17-/m1/s1. The summed E-state index contributed by atoms with van der Waals surface area (Å²) in [5.74, 6) is -0.917. The fourth-order valence-corrected chi connectivity index (χ4v) is 4.01. The molecule has 1 saturated heterocycles. The molecular formula is C20H22N2O5S. The summed E-state index contributed by atoms with van der Waals surface area (Å²) in [7, 11) is 1.54. The van der Waals surface area contributed by atoms with E-state index >= 15 is 0 Å². The van der Waals surface area contributed by atoms with Gasteiger partial charge in [0.2, 0.25) is 0 Å². The Morgan fingerprint density at radius 3 is 2.57 bits per heavy atom. The fraction of sp³-hybridized carbons (Fsp3) is 0.300. The smallest absolute Gasteiger partial charge is 0.295 e. The Labute approximate surface area is 166 Å². The molecule has 0 radical (unpaired) electrons. The largest absolute Gasteiger partial charge is 0.507 e. The van der Waals surface area contributed by atoms with Crippen LogP contribution in [0.15, 0.2) is 47.4 Å². The van der Waals surface area contributed by atoms with Crippen LogP contribution in [0.25, 0.3) is 5.76 Å². The zero-order valence-electron chi connectivity index (χ0n) is 15.4. The van der Waals surface area contributed by atoms with Crippen LogP contribution in [0.5, 0.6) is 5.75 Å². The van der Waals surface area contributed by atoms with Crippen LogP contribution in [0.4, 0.5) is 0 Å². The number of ketones is 1. The Kier molecular flexibility index (Phi) is 6.45. The van der Waals surface area contributed by atoms with Gasteiger partial charge in [0, 0.05) is 30.1 Å². The highest BCUT2D eigenvalue weighted by Crippen LogP contribution is 2.40. The average molecular weight is 402 g/mol. The minimum Gasteiger partial charge on any atom is -0.507 e. The molecule has 3 rings (SSSR count). The highest BCUT2D eigenvalue weighted by Gasteiger charge is 2.46. The molecule has 1 aromatic carbocycles. The molecule has 1 aliphatic heterocycles. The lowest BCUT2D eigenvalue weighted by Gasteiger charge is -2.24. The van der Waals surface area contributed by atoms with Crippen molar-refractivity contribution in [1.82, 2.24) is 10.2 Å². The number of carbonyl (C=O) groups excluding carboxylic acids is 2. The van der Waals surface area contributed by atoms with Crippen LogP contribution >= 0.6 is 11.3 Å². The van der Waals surface area contributed by atoms with E-state index < -0.39 is 17.7 Å². The number of methoxy groups -OCH3 is 1. The van der Waals surface area contributed by atoms with Crippen LogP contribution in [0, 0.1) is 0 Å². The summed E-state index contributed by atoms with van der Waals surface area (Å²) < 4.78 is 5.12. The molecule has 1 fully saturated rings. The van der Waals surface area contributed by atoms with Gasteiger partial charge in [0.05, 0.1) is 25.3 Å². The van der Waals surface area contributed by atoms with E-state index in [2.05, 4.69) is 5.32 Å². The normalized spacial score (nSPS) is 18.6. The van der Waals surface area contributed by atoms with Crippen molar-refractivity contribution in [3.8, 4) is 5.75 Å². The molecule has 3 N–H and O–H groups in total. The highest BCUT2D eigenvalue weighted by atomic mass is 32.1. The molecule has 0 bridgehead atoms. The Hall–Kier alpha value is -2.68. The third-order valence-corrected chi connectivity index (χ3v) is 5.46. The minimum atomic E-state index is -0.700. The summed E-state index contributed by atoms with van der Waals surface area (Å²) in [6, 6.07) is 9.71. The van der Waals surface area contributed by atoms with Gasteiger partial charge >= 0.3 is 0 Å². The second-order valence-corrected chi connectivity index (χ2v) is 7.19. The first-order valence-corrected chi connectivity index (χ1v) is 9.74. The lowest BCUT2D eigenvalue weighted by atomic mass is 10.00. The van der Waals surface area contributed by atoms with Gasteiger partial charge in [-0.3, -0.25) is 9.59 Å². The number of aliphatic hydroxyl groups is 2. The van der Waals surface area contributed by atoms with Gasteiger partial charge in [-0.25, -0.2) is 0 Å². The number of nitrogens with one attached hydrogen (secondary N) is 1. The third-order valence-electron chi connectivity index (χ3n) is 4.53. The summed E-state index contributed by atoms with van der Waals surface area (Å²) in [6.45, 7) is 1.11. The zero-order valence-corrected chi connectivity index (χ0v) is 16.2. The van der Waals surface area contributed by atoms with Gasteiger partial charge in [-0.15, -0.1) is 11.3 Å². The Morgan fingerprint density at radius 2 is 1.96 bits per heavy atom. The maximum absolute atomic E-state index is 12.8. The first-order valence-electron chi connectivity index (χ1n) is 8.86. The van der Waals surface area contributed by atoms with Crippen molar-refractivity contribution in [2.24, 2.45) is 0 Å². The Morgan fingerprint density at radius 1 is 1.21 bits per heavy atom. The zero-order chi connectivity index (χ0) is 20.1. The third kappa shape index (κ3) is 3.94. The lowest BCUT2D eigenvalue weighted by molar-refractivity contribution is -0.139. The van der Waals surface area contributed by atoms with Crippen molar-refractivity contribution in [2.45, 2.75) is 6.04 Å². The first kappa shape index (κ1) is 20.1. The van der Waals surface area contributed by atoms with Crippen LogP contribution < -0.4 is 10.1 Å². The van der Waals surface area contributed by atoms with Crippen LogP contribution in [0.1, 0.15) is 16.5 Å². The van der Waals surface area contributed by atoms with Crippen molar-refractivity contribution in [3.63, 3.8) is 0 Å². The van der Waals surface area contributed by atoms with E-state index in [0.29, 0.717) is 24.4 Å². The number of ether oxygens (including phenoxy) is 1. The molecule has 148 valence electrons. The number of carbonyl (C=O) groups is 2. The number of amides is 1. The Balaban J connectivity index is 1.99. The SMILES string of the molecule is COc1ccc(C(O)=C2C(=O)C(=O)N(CCNCCO)[C@@H]2c2cccs2)cc1. The van der Waals surface area contributed by atoms with Gasteiger partial charge in [0.25, 0.3) is 11.7 Å². The predicted octanol–water partition coefficient (Wildman–Crippen LogP) is 1.76. The minimum absolute atomic E-state index is 0.00928. The molecule has 0 aliphatic carbocycles. The number of likely N-dealkylation sites (tertiary alicyclic amines) is 1. The second-order valence-electron chi connectivity index (χ2n) is 6.21. The maximum atomic E-state index is 12.8. The van der Waals surface area contributed by atoms with Crippen molar-refractivity contribution < 1.29 is 24.5 Å².